The second-order valence-electron chi connectivity index (χ2n) is 5.14. The van der Waals surface area contributed by atoms with Gasteiger partial charge in [-0.2, -0.15) is 0 Å². The van der Waals surface area contributed by atoms with Crippen molar-refractivity contribution in [3.63, 3.8) is 0 Å². The molecule has 0 unspecified atom stereocenters. The van der Waals surface area contributed by atoms with Crippen LogP contribution in [0.2, 0.25) is 0 Å². The van der Waals surface area contributed by atoms with Gasteiger partial charge in [0.25, 0.3) is 0 Å². The molecule has 1 N–H and O–H groups in total. The van der Waals surface area contributed by atoms with Gasteiger partial charge in [0.1, 0.15) is 17.9 Å². The fraction of sp³-hybridized carbons (Fsp3) is 0.200. The Morgan fingerprint density at radius 3 is 2.46 bits per heavy atom. The Hall–Kier alpha value is -3.28. The lowest BCUT2D eigenvalue weighted by Crippen LogP contribution is -2.02. The Morgan fingerprint density at radius 1 is 1.08 bits per heavy atom. The molecule has 0 aliphatic rings. The third-order valence-electron chi connectivity index (χ3n) is 3.51. The first-order valence-corrected chi connectivity index (χ1v) is 8.30. The molecule has 6 nitrogen and oxygen atoms in total. The highest BCUT2D eigenvalue weighted by molar-refractivity contribution is 5.87. The van der Waals surface area contributed by atoms with E-state index < -0.39 is 5.97 Å². The van der Waals surface area contributed by atoms with Crippen LogP contribution in [-0.2, 0) is 6.42 Å². The molecule has 0 saturated carbocycles. The third-order valence-corrected chi connectivity index (χ3v) is 3.51. The SMILES string of the molecule is CC.COc1ccc(-c2ncnc(Cc3cccc(C(=O)O)c3)n2)cc1. The number of aromatic nitrogens is 3. The number of aromatic carboxylic acids is 1. The van der Waals surface area contributed by atoms with Crippen LogP contribution in [0.5, 0.6) is 5.75 Å². The van der Waals surface area contributed by atoms with Crippen molar-refractivity contribution in [2.75, 3.05) is 7.11 Å². The van der Waals surface area contributed by atoms with Crippen LogP contribution in [0.4, 0.5) is 0 Å². The van der Waals surface area contributed by atoms with E-state index in [1.807, 2.05) is 44.2 Å². The molecule has 3 aromatic rings. The molecule has 134 valence electrons. The summed E-state index contributed by atoms with van der Waals surface area (Å²) >= 11 is 0. The topological polar surface area (TPSA) is 85.2 Å². The first-order valence-electron chi connectivity index (χ1n) is 8.30. The van der Waals surface area contributed by atoms with Crippen molar-refractivity contribution in [1.29, 1.82) is 0 Å². The van der Waals surface area contributed by atoms with E-state index in [1.54, 1.807) is 25.3 Å². The molecule has 0 amide bonds. The van der Waals surface area contributed by atoms with Crippen molar-refractivity contribution in [3.05, 3.63) is 71.8 Å². The van der Waals surface area contributed by atoms with Gasteiger partial charge in [-0.3, -0.25) is 0 Å². The van der Waals surface area contributed by atoms with Gasteiger partial charge < -0.3 is 9.84 Å². The molecule has 0 bridgehead atoms. The second-order valence-corrected chi connectivity index (χ2v) is 5.14. The molecule has 1 aromatic heterocycles. The van der Waals surface area contributed by atoms with Gasteiger partial charge in [0.2, 0.25) is 0 Å². The van der Waals surface area contributed by atoms with Crippen LogP contribution in [0.1, 0.15) is 35.6 Å². The van der Waals surface area contributed by atoms with Crippen molar-refractivity contribution in [2.45, 2.75) is 20.3 Å². The van der Waals surface area contributed by atoms with E-state index >= 15 is 0 Å². The quantitative estimate of drug-likeness (QED) is 0.751. The van der Waals surface area contributed by atoms with E-state index in [2.05, 4.69) is 15.0 Å². The minimum absolute atomic E-state index is 0.247. The molecule has 0 atom stereocenters. The number of rotatable bonds is 5. The van der Waals surface area contributed by atoms with Crippen molar-refractivity contribution >= 4 is 5.97 Å². The Morgan fingerprint density at radius 2 is 1.81 bits per heavy atom. The average molecular weight is 351 g/mol. The first-order chi connectivity index (χ1) is 12.7. The lowest BCUT2D eigenvalue weighted by atomic mass is 10.1. The molecule has 3 rings (SSSR count). The number of carboxylic acids is 1. The first kappa shape index (κ1) is 19.1. The molecule has 0 saturated heterocycles. The van der Waals surface area contributed by atoms with Crippen LogP contribution in [0.25, 0.3) is 11.4 Å². The molecule has 0 fully saturated rings. The van der Waals surface area contributed by atoms with E-state index in [-0.39, 0.29) is 5.56 Å². The molecule has 0 aliphatic carbocycles. The molecule has 0 radical (unpaired) electrons. The fourth-order valence-electron chi connectivity index (χ4n) is 2.29. The van der Waals surface area contributed by atoms with Crippen molar-refractivity contribution in [1.82, 2.24) is 15.0 Å². The Balaban J connectivity index is 0.00000117. The zero-order valence-corrected chi connectivity index (χ0v) is 15.0. The molecule has 1 heterocycles. The fourth-order valence-corrected chi connectivity index (χ4v) is 2.29. The predicted octanol–water partition coefficient (Wildman–Crippen LogP) is 3.86. The zero-order valence-electron chi connectivity index (χ0n) is 15.0. The Bertz CT molecular complexity index is 864. The monoisotopic (exact) mass is 351 g/mol. The summed E-state index contributed by atoms with van der Waals surface area (Å²) in [6, 6.07) is 14.2. The lowest BCUT2D eigenvalue weighted by Gasteiger charge is -2.05. The van der Waals surface area contributed by atoms with Crippen LogP contribution >= 0.6 is 0 Å². The zero-order chi connectivity index (χ0) is 18.9. The summed E-state index contributed by atoms with van der Waals surface area (Å²) in [5, 5.41) is 9.06. The van der Waals surface area contributed by atoms with Crippen LogP contribution in [0.15, 0.2) is 54.9 Å². The predicted molar refractivity (Wildman–Crippen MR) is 99.4 cm³/mol. The summed E-state index contributed by atoms with van der Waals surface area (Å²) in [5.41, 5.74) is 1.94. The number of nitrogens with zero attached hydrogens (tertiary/aromatic N) is 3. The molecule has 26 heavy (non-hydrogen) atoms. The van der Waals surface area contributed by atoms with Gasteiger partial charge in [0.05, 0.1) is 12.7 Å². The van der Waals surface area contributed by atoms with Crippen LogP contribution in [0.3, 0.4) is 0 Å². The van der Waals surface area contributed by atoms with E-state index in [9.17, 15) is 4.79 Å². The maximum Gasteiger partial charge on any atom is 0.335 e. The number of benzene rings is 2. The highest BCUT2D eigenvalue weighted by atomic mass is 16.5. The molecule has 6 heteroatoms. The number of methoxy groups -OCH3 is 1. The van der Waals surface area contributed by atoms with Gasteiger partial charge in [0, 0.05) is 12.0 Å². The molecular formula is C20H21N3O3. The Labute approximate surface area is 152 Å². The minimum Gasteiger partial charge on any atom is -0.497 e. The maximum atomic E-state index is 11.0. The van der Waals surface area contributed by atoms with E-state index in [0.29, 0.717) is 18.1 Å². The summed E-state index contributed by atoms with van der Waals surface area (Å²) in [4.78, 5) is 23.9. The molecule has 0 aliphatic heterocycles. The summed E-state index contributed by atoms with van der Waals surface area (Å²) < 4.78 is 5.14. The number of hydrogen-bond donors (Lipinski definition) is 1. The normalized spacial score (nSPS) is 9.81. The second kappa shape index (κ2) is 9.27. The summed E-state index contributed by atoms with van der Waals surface area (Å²) in [6.07, 6.45) is 1.90. The standard InChI is InChI=1S/C18H15N3O3.C2H6/c1-24-15-7-5-13(6-8-15)17-20-11-19-16(21-17)10-12-3-2-4-14(9-12)18(22)23;1-2/h2-9,11H,10H2,1H3,(H,22,23);1-2H3. The minimum atomic E-state index is -0.952. The van der Waals surface area contributed by atoms with Crippen molar-refractivity contribution < 1.29 is 14.6 Å². The van der Waals surface area contributed by atoms with E-state index in [1.165, 1.54) is 6.33 Å². The lowest BCUT2D eigenvalue weighted by molar-refractivity contribution is 0.0696. The van der Waals surface area contributed by atoms with Crippen LogP contribution in [-0.4, -0.2) is 33.1 Å². The van der Waals surface area contributed by atoms with E-state index in [4.69, 9.17) is 9.84 Å². The maximum absolute atomic E-state index is 11.0. The summed E-state index contributed by atoms with van der Waals surface area (Å²) in [6.45, 7) is 4.00. The number of carbonyl (C=O) groups is 1. The van der Waals surface area contributed by atoms with Crippen molar-refractivity contribution in [3.8, 4) is 17.1 Å². The average Bonchev–Trinajstić information content (AvgIpc) is 2.70. The van der Waals surface area contributed by atoms with Gasteiger partial charge >= 0.3 is 5.97 Å². The number of ether oxygens (including phenoxy) is 1. The van der Waals surface area contributed by atoms with Gasteiger partial charge in [-0.15, -0.1) is 0 Å². The Kier molecular flexibility index (Phi) is 6.79. The molecular weight excluding hydrogens is 330 g/mol. The molecule has 2 aromatic carbocycles. The van der Waals surface area contributed by atoms with Crippen LogP contribution < -0.4 is 4.74 Å². The van der Waals surface area contributed by atoms with Crippen LogP contribution in [0, 0.1) is 0 Å². The highest BCUT2D eigenvalue weighted by Crippen LogP contribution is 2.19. The smallest absolute Gasteiger partial charge is 0.335 e. The largest absolute Gasteiger partial charge is 0.497 e. The summed E-state index contributed by atoms with van der Waals surface area (Å²) in [5.74, 6) is 0.959. The van der Waals surface area contributed by atoms with E-state index in [0.717, 1.165) is 16.9 Å². The van der Waals surface area contributed by atoms with Crippen molar-refractivity contribution in [2.24, 2.45) is 0 Å². The number of carboxylic acid groups (broad SMARTS) is 1. The third kappa shape index (κ3) is 4.86. The van der Waals surface area contributed by atoms with Gasteiger partial charge in [0.15, 0.2) is 5.82 Å². The number of hydrogen-bond acceptors (Lipinski definition) is 5. The molecule has 0 spiro atoms. The highest BCUT2D eigenvalue weighted by Gasteiger charge is 2.07. The summed E-state index contributed by atoms with van der Waals surface area (Å²) in [7, 11) is 1.61. The van der Waals surface area contributed by atoms with Gasteiger partial charge in [-0.25, -0.2) is 19.7 Å². The van der Waals surface area contributed by atoms with Gasteiger partial charge in [-0.1, -0.05) is 26.0 Å². The van der Waals surface area contributed by atoms with Gasteiger partial charge in [-0.05, 0) is 42.0 Å².